The van der Waals surface area contributed by atoms with Crippen LogP contribution in [0.5, 0.6) is 5.75 Å². The Morgan fingerprint density at radius 3 is 2.56 bits per heavy atom. The quantitative estimate of drug-likeness (QED) is 0.797. The number of anilines is 1. The summed E-state index contributed by atoms with van der Waals surface area (Å²) in [7, 11) is 0. The second-order valence-corrected chi connectivity index (χ2v) is 5.07. The minimum Gasteiger partial charge on any atom is -0.478 e. The summed E-state index contributed by atoms with van der Waals surface area (Å²) in [5.41, 5.74) is 5.63. The number of carboxylic acids is 1. The average Bonchev–Trinajstić information content (AvgIpc) is 2.24. The molecule has 0 aliphatic heterocycles. The largest absolute Gasteiger partial charge is 0.478 e. The standard InChI is InChI=1S/C13H16N2O3/c1-13(2,3)11(12(16)17)18-10-5-4-9(15)6-8(10)7-14/h4-6,11H,15H2,1-3H3,(H,16,17). The molecular formula is C13H16N2O3. The molecule has 1 aromatic rings. The Balaban J connectivity index is 3.10. The summed E-state index contributed by atoms with van der Waals surface area (Å²) in [5.74, 6) is -0.836. The molecule has 0 heterocycles. The van der Waals surface area contributed by atoms with Gasteiger partial charge in [-0.1, -0.05) is 20.8 Å². The Morgan fingerprint density at radius 1 is 1.50 bits per heavy atom. The number of nitriles is 1. The number of carboxylic acid groups (broad SMARTS) is 1. The van der Waals surface area contributed by atoms with Gasteiger partial charge in [0, 0.05) is 11.1 Å². The van der Waals surface area contributed by atoms with E-state index >= 15 is 0 Å². The van der Waals surface area contributed by atoms with E-state index in [2.05, 4.69) is 0 Å². The summed E-state index contributed by atoms with van der Waals surface area (Å²) >= 11 is 0. The Kier molecular flexibility index (Phi) is 3.82. The molecule has 1 unspecified atom stereocenters. The number of carbonyl (C=O) groups is 1. The van der Waals surface area contributed by atoms with E-state index in [9.17, 15) is 4.79 Å². The predicted octanol–water partition coefficient (Wildman–Crippen LogP) is 2.02. The fourth-order valence-corrected chi connectivity index (χ4v) is 1.46. The Morgan fingerprint density at radius 2 is 2.11 bits per heavy atom. The first-order chi connectivity index (χ1) is 8.25. The van der Waals surface area contributed by atoms with Gasteiger partial charge in [0.1, 0.15) is 11.8 Å². The van der Waals surface area contributed by atoms with Crippen molar-refractivity contribution in [2.24, 2.45) is 5.41 Å². The van der Waals surface area contributed by atoms with Crippen LogP contribution >= 0.6 is 0 Å². The summed E-state index contributed by atoms with van der Waals surface area (Å²) in [5, 5.41) is 18.1. The molecule has 18 heavy (non-hydrogen) atoms. The minimum absolute atomic E-state index is 0.227. The molecule has 0 saturated carbocycles. The second-order valence-electron chi connectivity index (χ2n) is 5.07. The molecule has 0 fully saturated rings. The van der Waals surface area contributed by atoms with Gasteiger partial charge in [0.05, 0.1) is 5.56 Å². The van der Waals surface area contributed by atoms with Gasteiger partial charge in [0.25, 0.3) is 0 Å². The third-order valence-corrected chi connectivity index (χ3v) is 2.38. The van der Waals surface area contributed by atoms with Crippen LogP contribution in [0.1, 0.15) is 26.3 Å². The monoisotopic (exact) mass is 248 g/mol. The third-order valence-electron chi connectivity index (χ3n) is 2.38. The van der Waals surface area contributed by atoms with Crippen LogP contribution in [0, 0.1) is 16.7 Å². The lowest BCUT2D eigenvalue weighted by Crippen LogP contribution is -2.39. The lowest BCUT2D eigenvalue weighted by molar-refractivity contribution is -0.150. The van der Waals surface area contributed by atoms with Gasteiger partial charge in [0.2, 0.25) is 0 Å². The van der Waals surface area contributed by atoms with Crippen molar-refractivity contribution in [3.05, 3.63) is 23.8 Å². The zero-order valence-electron chi connectivity index (χ0n) is 10.6. The number of aliphatic carboxylic acids is 1. The zero-order chi connectivity index (χ0) is 13.9. The first-order valence-corrected chi connectivity index (χ1v) is 5.45. The van der Waals surface area contributed by atoms with E-state index in [1.807, 2.05) is 6.07 Å². The molecule has 96 valence electrons. The number of nitrogen functional groups attached to an aromatic ring is 1. The summed E-state index contributed by atoms with van der Waals surface area (Å²) in [6.45, 7) is 5.28. The van der Waals surface area contributed by atoms with Crippen LogP contribution in [0.15, 0.2) is 18.2 Å². The normalized spacial score (nSPS) is 12.6. The second kappa shape index (κ2) is 4.96. The third kappa shape index (κ3) is 3.14. The summed E-state index contributed by atoms with van der Waals surface area (Å²) in [4.78, 5) is 11.2. The molecule has 3 N–H and O–H groups in total. The van der Waals surface area contributed by atoms with E-state index in [4.69, 9.17) is 20.8 Å². The first-order valence-electron chi connectivity index (χ1n) is 5.45. The molecule has 0 amide bonds. The number of ether oxygens (including phenoxy) is 1. The fraction of sp³-hybridized carbons (Fsp3) is 0.385. The van der Waals surface area contributed by atoms with E-state index in [1.54, 1.807) is 26.8 Å². The van der Waals surface area contributed by atoms with E-state index in [-0.39, 0.29) is 11.3 Å². The molecule has 0 spiro atoms. The molecule has 1 aromatic carbocycles. The maximum Gasteiger partial charge on any atom is 0.345 e. The van der Waals surface area contributed by atoms with E-state index in [1.165, 1.54) is 12.1 Å². The van der Waals surface area contributed by atoms with Gasteiger partial charge < -0.3 is 15.6 Å². The van der Waals surface area contributed by atoms with Crippen molar-refractivity contribution in [2.75, 3.05) is 5.73 Å². The molecular weight excluding hydrogens is 232 g/mol. The number of nitrogens with zero attached hydrogens (tertiary/aromatic N) is 1. The molecule has 1 atom stereocenters. The zero-order valence-corrected chi connectivity index (χ0v) is 10.6. The van der Waals surface area contributed by atoms with Crippen molar-refractivity contribution >= 4 is 11.7 Å². The van der Waals surface area contributed by atoms with Crippen LogP contribution < -0.4 is 10.5 Å². The Bertz CT molecular complexity index is 498. The van der Waals surface area contributed by atoms with Gasteiger partial charge in [-0.15, -0.1) is 0 Å². The SMILES string of the molecule is CC(C)(C)C(Oc1ccc(N)cc1C#N)C(=O)O. The predicted molar refractivity (Wildman–Crippen MR) is 67.1 cm³/mol. The molecule has 0 aliphatic rings. The Labute approximate surface area is 106 Å². The highest BCUT2D eigenvalue weighted by Crippen LogP contribution is 2.28. The van der Waals surface area contributed by atoms with Crippen molar-refractivity contribution in [2.45, 2.75) is 26.9 Å². The number of nitrogens with two attached hydrogens (primary N) is 1. The molecule has 5 nitrogen and oxygen atoms in total. The smallest absolute Gasteiger partial charge is 0.345 e. The van der Waals surface area contributed by atoms with Crippen molar-refractivity contribution in [3.8, 4) is 11.8 Å². The average molecular weight is 248 g/mol. The molecule has 0 aromatic heterocycles. The van der Waals surface area contributed by atoms with Gasteiger partial charge in [-0.25, -0.2) is 4.79 Å². The van der Waals surface area contributed by atoms with Gasteiger partial charge in [-0.2, -0.15) is 5.26 Å². The van der Waals surface area contributed by atoms with Crippen LogP contribution in [0.25, 0.3) is 0 Å². The molecule has 5 heteroatoms. The molecule has 0 aliphatic carbocycles. The van der Waals surface area contributed by atoms with Crippen LogP contribution in [-0.2, 0) is 4.79 Å². The van der Waals surface area contributed by atoms with Crippen LogP contribution in [0.4, 0.5) is 5.69 Å². The highest BCUT2D eigenvalue weighted by molar-refractivity contribution is 5.74. The lowest BCUT2D eigenvalue weighted by atomic mass is 9.89. The molecule has 0 radical (unpaired) electrons. The summed E-state index contributed by atoms with van der Waals surface area (Å²) in [6, 6.07) is 6.47. The summed E-state index contributed by atoms with van der Waals surface area (Å²) in [6.07, 6.45) is -1.03. The van der Waals surface area contributed by atoms with Gasteiger partial charge in [-0.05, 0) is 18.2 Å². The number of hydrogen-bond acceptors (Lipinski definition) is 4. The van der Waals surface area contributed by atoms with Crippen molar-refractivity contribution in [1.82, 2.24) is 0 Å². The first kappa shape index (κ1) is 13.8. The highest BCUT2D eigenvalue weighted by atomic mass is 16.5. The highest BCUT2D eigenvalue weighted by Gasteiger charge is 2.33. The van der Waals surface area contributed by atoms with E-state index in [0.717, 1.165) is 0 Å². The molecule has 1 rings (SSSR count). The van der Waals surface area contributed by atoms with Crippen molar-refractivity contribution in [1.29, 1.82) is 5.26 Å². The molecule has 0 saturated heterocycles. The number of rotatable bonds is 3. The number of benzene rings is 1. The summed E-state index contributed by atoms with van der Waals surface area (Å²) < 4.78 is 5.44. The fourth-order valence-electron chi connectivity index (χ4n) is 1.46. The van der Waals surface area contributed by atoms with Crippen LogP contribution in [0.2, 0.25) is 0 Å². The Hall–Kier alpha value is -2.22. The van der Waals surface area contributed by atoms with Crippen LogP contribution in [0.3, 0.4) is 0 Å². The maximum atomic E-state index is 11.2. The lowest BCUT2D eigenvalue weighted by Gasteiger charge is -2.27. The topological polar surface area (TPSA) is 96.3 Å². The van der Waals surface area contributed by atoms with E-state index in [0.29, 0.717) is 5.69 Å². The van der Waals surface area contributed by atoms with Gasteiger partial charge >= 0.3 is 5.97 Å². The van der Waals surface area contributed by atoms with Gasteiger partial charge in [0.15, 0.2) is 6.10 Å². The number of hydrogen-bond donors (Lipinski definition) is 2. The van der Waals surface area contributed by atoms with Crippen molar-refractivity contribution < 1.29 is 14.6 Å². The van der Waals surface area contributed by atoms with Crippen LogP contribution in [-0.4, -0.2) is 17.2 Å². The van der Waals surface area contributed by atoms with E-state index < -0.39 is 17.5 Å². The van der Waals surface area contributed by atoms with Gasteiger partial charge in [-0.3, -0.25) is 0 Å². The maximum absolute atomic E-state index is 11.2. The van der Waals surface area contributed by atoms with Crippen molar-refractivity contribution in [3.63, 3.8) is 0 Å². The molecule has 0 bridgehead atoms. The minimum atomic E-state index is -1.07.